The Morgan fingerprint density at radius 2 is 2.39 bits per heavy atom. The van der Waals surface area contributed by atoms with E-state index in [9.17, 15) is 4.79 Å². The average molecular weight is 268 g/mol. The summed E-state index contributed by atoms with van der Waals surface area (Å²) in [5.74, 6) is 0.963. The van der Waals surface area contributed by atoms with Gasteiger partial charge in [0.05, 0.1) is 18.3 Å². The molecule has 18 heavy (non-hydrogen) atoms. The molecule has 6 heteroatoms. The highest BCUT2D eigenvalue weighted by Crippen LogP contribution is 2.15. The molecule has 0 spiro atoms. The largest absolute Gasteiger partial charge is 0.465 e. The molecule has 2 heterocycles. The minimum absolute atomic E-state index is 0.153. The first-order valence-corrected chi connectivity index (χ1v) is 6.30. The van der Waals surface area contributed by atoms with Crippen molar-refractivity contribution in [1.82, 2.24) is 14.5 Å². The van der Waals surface area contributed by atoms with Gasteiger partial charge in [-0.25, -0.2) is 4.98 Å². The van der Waals surface area contributed by atoms with E-state index in [-0.39, 0.29) is 12.5 Å². The first kappa shape index (κ1) is 12.8. The molecule has 0 atom stereocenters. The maximum absolute atomic E-state index is 11.6. The lowest BCUT2D eigenvalue weighted by atomic mass is 10.4. The van der Waals surface area contributed by atoms with Crippen LogP contribution in [0.2, 0.25) is 0 Å². The Labute approximate surface area is 110 Å². The van der Waals surface area contributed by atoms with E-state index in [0.717, 1.165) is 16.9 Å². The predicted molar refractivity (Wildman–Crippen MR) is 68.6 cm³/mol. The molecule has 0 amide bonds. The third-order valence-electron chi connectivity index (χ3n) is 2.54. The van der Waals surface area contributed by atoms with E-state index >= 15 is 0 Å². The number of nitrogens with zero attached hydrogens (tertiary/aromatic N) is 3. The van der Waals surface area contributed by atoms with Gasteiger partial charge in [0.15, 0.2) is 0 Å². The van der Waals surface area contributed by atoms with Crippen molar-refractivity contribution in [3.8, 4) is 0 Å². The van der Waals surface area contributed by atoms with Crippen LogP contribution in [0.15, 0.2) is 18.5 Å². The van der Waals surface area contributed by atoms with Crippen LogP contribution >= 0.6 is 11.6 Å². The second-order valence-electron chi connectivity index (χ2n) is 3.72. The van der Waals surface area contributed by atoms with Gasteiger partial charge >= 0.3 is 5.97 Å². The van der Waals surface area contributed by atoms with Crippen LogP contribution in [0.1, 0.15) is 12.7 Å². The van der Waals surface area contributed by atoms with Gasteiger partial charge in [-0.15, -0.1) is 11.6 Å². The number of carbonyl (C=O) groups excluding carboxylic acids is 1. The van der Waals surface area contributed by atoms with Gasteiger partial charge in [0, 0.05) is 18.5 Å². The van der Waals surface area contributed by atoms with Crippen LogP contribution in [0.5, 0.6) is 0 Å². The average Bonchev–Trinajstić information content (AvgIpc) is 2.69. The van der Waals surface area contributed by atoms with Crippen molar-refractivity contribution in [3.63, 3.8) is 0 Å². The number of pyridine rings is 1. The summed E-state index contributed by atoms with van der Waals surface area (Å²) < 4.78 is 6.79. The molecule has 0 radical (unpaired) electrons. The monoisotopic (exact) mass is 267 g/mol. The van der Waals surface area contributed by atoms with E-state index in [0.29, 0.717) is 18.9 Å². The minimum Gasteiger partial charge on any atom is -0.465 e. The van der Waals surface area contributed by atoms with Crippen LogP contribution in [0.3, 0.4) is 0 Å². The summed E-state index contributed by atoms with van der Waals surface area (Å²) in [6.07, 6.45) is 3.96. The number of hydrogen-bond donors (Lipinski definition) is 0. The Bertz CT molecular complexity index is 553. The fourth-order valence-electron chi connectivity index (χ4n) is 1.82. The minimum atomic E-state index is -0.274. The van der Waals surface area contributed by atoms with Crippen molar-refractivity contribution in [1.29, 1.82) is 0 Å². The quantitative estimate of drug-likeness (QED) is 0.612. The molecule has 0 bridgehead atoms. The molecule has 2 aromatic rings. The van der Waals surface area contributed by atoms with E-state index in [1.807, 2.05) is 10.6 Å². The van der Waals surface area contributed by atoms with Crippen molar-refractivity contribution in [2.75, 3.05) is 12.5 Å². The fourth-order valence-corrected chi connectivity index (χ4v) is 1.99. The number of esters is 1. The van der Waals surface area contributed by atoms with Crippen LogP contribution in [0.4, 0.5) is 0 Å². The SMILES string of the molecule is CCOC(=O)Cn1c(CCCl)nc2cnccc21. The number of rotatable bonds is 5. The summed E-state index contributed by atoms with van der Waals surface area (Å²) >= 11 is 5.75. The van der Waals surface area contributed by atoms with Crippen molar-refractivity contribution >= 4 is 28.6 Å². The highest BCUT2D eigenvalue weighted by atomic mass is 35.5. The van der Waals surface area contributed by atoms with Crippen LogP contribution in [0.25, 0.3) is 11.0 Å². The number of carbonyl (C=O) groups is 1. The Kier molecular flexibility index (Phi) is 4.15. The summed E-state index contributed by atoms with van der Waals surface area (Å²) in [5.41, 5.74) is 1.64. The highest BCUT2D eigenvalue weighted by Gasteiger charge is 2.13. The number of fused-ring (bicyclic) bond motifs is 1. The van der Waals surface area contributed by atoms with Crippen molar-refractivity contribution in [2.24, 2.45) is 0 Å². The summed E-state index contributed by atoms with van der Waals surface area (Å²) in [5, 5.41) is 0. The first-order valence-electron chi connectivity index (χ1n) is 5.77. The van der Waals surface area contributed by atoms with Crippen molar-refractivity contribution in [2.45, 2.75) is 19.9 Å². The Hall–Kier alpha value is -1.62. The fraction of sp³-hybridized carbons (Fsp3) is 0.417. The molecular formula is C12H14ClN3O2. The molecule has 0 aliphatic heterocycles. The van der Waals surface area contributed by atoms with E-state index < -0.39 is 0 Å². The Morgan fingerprint density at radius 1 is 1.56 bits per heavy atom. The second-order valence-corrected chi connectivity index (χ2v) is 4.10. The molecule has 2 rings (SSSR count). The summed E-state index contributed by atoms with van der Waals surface area (Å²) in [4.78, 5) is 20.0. The third-order valence-corrected chi connectivity index (χ3v) is 2.73. The first-order chi connectivity index (χ1) is 8.76. The second kappa shape index (κ2) is 5.82. The van der Waals surface area contributed by atoms with Gasteiger partial charge in [0.1, 0.15) is 17.9 Å². The van der Waals surface area contributed by atoms with Crippen LogP contribution in [0, 0.1) is 0 Å². The van der Waals surface area contributed by atoms with Gasteiger partial charge in [0.25, 0.3) is 0 Å². The molecular weight excluding hydrogens is 254 g/mol. The van der Waals surface area contributed by atoms with Crippen LogP contribution in [-0.2, 0) is 22.5 Å². The number of aromatic nitrogens is 3. The molecule has 2 aromatic heterocycles. The van der Waals surface area contributed by atoms with Gasteiger partial charge in [0.2, 0.25) is 0 Å². The van der Waals surface area contributed by atoms with Gasteiger partial charge < -0.3 is 9.30 Å². The zero-order valence-electron chi connectivity index (χ0n) is 10.1. The van der Waals surface area contributed by atoms with Crippen LogP contribution < -0.4 is 0 Å². The Morgan fingerprint density at radius 3 is 3.11 bits per heavy atom. The summed E-state index contributed by atoms with van der Waals surface area (Å²) in [6, 6.07) is 1.83. The smallest absolute Gasteiger partial charge is 0.326 e. The molecule has 0 saturated carbocycles. The number of imidazole rings is 1. The van der Waals surface area contributed by atoms with Gasteiger partial charge in [-0.2, -0.15) is 0 Å². The maximum atomic E-state index is 11.6. The van der Waals surface area contributed by atoms with Crippen molar-refractivity contribution in [3.05, 3.63) is 24.3 Å². The molecule has 0 unspecified atom stereocenters. The lowest BCUT2D eigenvalue weighted by Gasteiger charge is -2.07. The normalized spacial score (nSPS) is 10.8. The van der Waals surface area contributed by atoms with E-state index in [1.165, 1.54) is 0 Å². The number of alkyl halides is 1. The molecule has 0 aliphatic carbocycles. The van der Waals surface area contributed by atoms with E-state index in [2.05, 4.69) is 9.97 Å². The molecule has 5 nitrogen and oxygen atoms in total. The van der Waals surface area contributed by atoms with Crippen LogP contribution in [-0.4, -0.2) is 33.0 Å². The predicted octanol–water partition coefficient (Wildman–Crippen LogP) is 1.78. The molecule has 96 valence electrons. The summed E-state index contributed by atoms with van der Waals surface area (Å²) in [6.45, 7) is 2.31. The Balaban J connectivity index is 2.38. The van der Waals surface area contributed by atoms with E-state index in [1.54, 1.807) is 19.3 Å². The molecule has 0 aliphatic rings. The number of halogens is 1. The number of hydrogen-bond acceptors (Lipinski definition) is 4. The highest BCUT2D eigenvalue weighted by molar-refractivity contribution is 6.17. The van der Waals surface area contributed by atoms with Gasteiger partial charge in [-0.05, 0) is 13.0 Å². The van der Waals surface area contributed by atoms with Gasteiger partial charge in [-0.1, -0.05) is 0 Å². The lowest BCUT2D eigenvalue weighted by Crippen LogP contribution is -2.15. The summed E-state index contributed by atoms with van der Waals surface area (Å²) in [7, 11) is 0. The zero-order valence-corrected chi connectivity index (χ0v) is 10.9. The third kappa shape index (κ3) is 2.61. The lowest BCUT2D eigenvalue weighted by molar-refractivity contribution is -0.143. The number of ether oxygens (including phenoxy) is 1. The topological polar surface area (TPSA) is 57.0 Å². The zero-order chi connectivity index (χ0) is 13.0. The van der Waals surface area contributed by atoms with E-state index in [4.69, 9.17) is 16.3 Å². The molecule has 0 aromatic carbocycles. The number of aryl methyl sites for hydroxylation is 1. The standard InChI is InChI=1S/C12H14ClN3O2/c1-2-18-12(17)8-16-10-4-6-14-7-9(10)15-11(16)3-5-13/h4,6-7H,2-3,5,8H2,1H3. The van der Waals surface area contributed by atoms with Crippen molar-refractivity contribution < 1.29 is 9.53 Å². The molecule has 0 N–H and O–H groups in total. The maximum Gasteiger partial charge on any atom is 0.326 e. The molecule has 0 fully saturated rings. The van der Waals surface area contributed by atoms with Gasteiger partial charge in [-0.3, -0.25) is 9.78 Å². The molecule has 0 saturated heterocycles.